The van der Waals surface area contributed by atoms with Gasteiger partial charge in [0, 0.05) is 5.56 Å². The molecule has 0 saturated carbocycles. The van der Waals surface area contributed by atoms with Gasteiger partial charge in [-0.25, -0.2) is 14.3 Å². The van der Waals surface area contributed by atoms with Crippen LogP contribution in [0.3, 0.4) is 0 Å². The lowest BCUT2D eigenvalue weighted by Gasteiger charge is -2.07. The molecule has 0 N–H and O–H groups in total. The van der Waals surface area contributed by atoms with Crippen LogP contribution in [0.25, 0.3) is 0 Å². The molecule has 8 nitrogen and oxygen atoms in total. The second-order valence-corrected chi connectivity index (χ2v) is 4.67. The molecule has 2 aromatic rings. The number of nitrogens with zero attached hydrogens (tertiary/aromatic N) is 3. The molecule has 0 aliphatic rings. The van der Waals surface area contributed by atoms with Gasteiger partial charge in [0.15, 0.2) is 11.5 Å². The third-order valence-electron chi connectivity index (χ3n) is 3.06. The Morgan fingerprint density at radius 1 is 1.00 bits per heavy atom. The lowest BCUT2D eigenvalue weighted by Crippen LogP contribution is -2.21. The summed E-state index contributed by atoms with van der Waals surface area (Å²) in [5.74, 6) is -1.85. The fourth-order valence-corrected chi connectivity index (χ4v) is 2.01. The average Bonchev–Trinajstić information content (AvgIpc) is 3.00. The Bertz CT molecular complexity index is 739. The molecule has 0 fully saturated rings. The number of ether oxygens (including phenoxy) is 2. The normalized spacial score (nSPS) is 10.2. The van der Waals surface area contributed by atoms with Crippen LogP contribution in [-0.4, -0.2) is 45.9 Å². The van der Waals surface area contributed by atoms with Crippen molar-refractivity contribution < 1.29 is 23.9 Å². The van der Waals surface area contributed by atoms with Crippen molar-refractivity contribution in [3.05, 3.63) is 47.3 Å². The number of aromatic nitrogens is 3. The average molecular weight is 331 g/mol. The number of carbonyl (C=O) groups excluding carboxylic acids is 3. The van der Waals surface area contributed by atoms with E-state index in [-0.39, 0.29) is 36.9 Å². The number of hydrogen-bond donors (Lipinski definition) is 0. The Morgan fingerprint density at radius 2 is 1.62 bits per heavy atom. The molecule has 0 aliphatic carbocycles. The van der Waals surface area contributed by atoms with Gasteiger partial charge in [-0.2, -0.15) is 0 Å². The first-order chi connectivity index (χ1) is 11.6. The highest BCUT2D eigenvalue weighted by molar-refractivity contribution is 6.01. The van der Waals surface area contributed by atoms with E-state index in [2.05, 4.69) is 10.3 Å². The van der Waals surface area contributed by atoms with Gasteiger partial charge >= 0.3 is 11.9 Å². The quantitative estimate of drug-likeness (QED) is 0.560. The van der Waals surface area contributed by atoms with E-state index in [1.807, 2.05) is 0 Å². The number of Topliss-reactive ketones (excluding diaryl/α,β-unsaturated/α-hetero) is 1. The van der Waals surface area contributed by atoms with Crippen molar-refractivity contribution in [2.75, 3.05) is 13.2 Å². The van der Waals surface area contributed by atoms with E-state index >= 15 is 0 Å². The van der Waals surface area contributed by atoms with Crippen molar-refractivity contribution >= 4 is 17.7 Å². The molecular formula is C16H17N3O5. The lowest BCUT2D eigenvalue weighted by molar-refractivity contribution is 0.0466. The van der Waals surface area contributed by atoms with E-state index in [1.54, 1.807) is 44.2 Å². The zero-order valence-electron chi connectivity index (χ0n) is 13.4. The summed E-state index contributed by atoms with van der Waals surface area (Å²) < 4.78 is 10.8. The van der Waals surface area contributed by atoms with Crippen molar-refractivity contribution in [2.24, 2.45) is 0 Å². The predicted octanol–water partition coefficient (Wildman–Crippen LogP) is 1.51. The molecule has 0 bridgehead atoms. The van der Waals surface area contributed by atoms with E-state index in [1.165, 1.54) is 0 Å². The van der Waals surface area contributed by atoms with Crippen LogP contribution in [0.15, 0.2) is 30.3 Å². The number of benzene rings is 1. The smallest absolute Gasteiger partial charge is 0.361 e. The van der Waals surface area contributed by atoms with Gasteiger partial charge < -0.3 is 9.47 Å². The van der Waals surface area contributed by atoms with E-state index in [4.69, 9.17) is 9.47 Å². The fraction of sp³-hybridized carbons (Fsp3) is 0.312. The highest BCUT2D eigenvalue weighted by Gasteiger charge is 2.28. The molecule has 0 saturated heterocycles. The monoisotopic (exact) mass is 331 g/mol. The topological polar surface area (TPSA) is 100 Å². The fourth-order valence-electron chi connectivity index (χ4n) is 2.01. The maximum atomic E-state index is 12.3. The summed E-state index contributed by atoms with van der Waals surface area (Å²) in [5, 5.41) is 7.40. The van der Waals surface area contributed by atoms with Gasteiger partial charge in [0.2, 0.25) is 5.69 Å². The van der Waals surface area contributed by atoms with Gasteiger partial charge in [0.25, 0.3) is 0 Å². The van der Waals surface area contributed by atoms with Crippen molar-refractivity contribution in [1.82, 2.24) is 15.0 Å². The minimum Gasteiger partial charge on any atom is -0.461 e. The van der Waals surface area contributed by atoms with Crippen LogP contribution in [0, 0.1) is 0 Å². The molecule has 1 aromatic heterocycles. The summed E-state index contributed by atoms with van der Waals surface area (Å²) in [7, 11) is 0. The second-order valence-electron chi connectivity index (χ2n) is 4.67. The summed E-state index contributed by atoms with van der Waals surface area (Å²) in [5.41, 5.74) is -0.00348. The van der Waals surface area contributed by atoms with E-state index in [0.29, 0.717) is 5.56 Å². The van der Waals surface area contributed by atoms with Gasteiger partial charge in [-0.3, -0.25) is 4.79 Å². The third-order valence-corrected chi connectivity index (χ3v) is 3.06. The molecule has 2 rings (SSSR count). The van der Waals surface area contributed by atoms with Gasteiger partial charge in [-0.05, 0) is 13.8 Å². The molecule has 24 heavy (non-hydrogen) atoms. The summed E-state index contributed by atoms with van der Waals surface area (Å²) in [6, 6.07) is 8.54. The maximum Gasteiger partial charge on any atom is 0.361 e. The lowest BCUT2D eigenvalue weighted by atomic mass is 10.1. The van der Waals surface area contributed by atoms with Crippen molar-refractivity contribution in [1.29, 1.82) is 0 Å². The highest BCUT2D eigenvalue weighted by atomic mass is 16.5. The second kappa shape index (κ2) is 8.00. The minimum absolute atomic E-state index is 0.110. The minimum atomic E-state index is -0.793. The molecule has 8 heteroatoms. The van der Waals surface area contributed by atoms with Crippen molar-refractivity contribution in [3.8, 4) is 0 Å². The number of carbonyl (C=O) groups is 3. The number of ketones is 1. The summed E-state index contributed by atoms with van der Waals surface area (Å²) in [4.78, 5) is 36.3. The van der Waals surface area contributed by atoms with Crippen LogP contribution < -0.4 is 0 Å². The van der Waals surface area contributed by atoms with E-state index in [0.717, 1.165) is 4.68 Å². The largest absolute Gasteiger partial charge is 0.461 e. The molecular weight excluding hydrogens is 314 g/mol. The Kier molecular flexibility index (Phi) is 5.78. The van der Waals surface area contributed by atoms with Crippen LogP contribution in [0.1, 0.15) is 45.2 Å². The van der Waals surface area contributed by atoms with Crippen LogP contribution >= 0.6 is 0 Å². The van der Waals surface area contributed by atoms with Crippen LogP contribution in [0.2, 0.25) is 0 Å². The molecule has 1 heterocycles. The number of esters is 2. The third kappa shape index (κ3) is 3.83. The SMILES string of the molecule is CCOC(=O)c1nnn(CC(=O)c2ccccc2)c1C(=O)OCC. The predicted molar refractivity (Wildman–Crippen MR) is 82.7 cm³/mol. The van der Waals surface area contributed by atoms with Gasteiger partial charge in [-0.15, -0.1) is 5.10 Å². The zero-order chi connectivity index (χ0) is 17.5. The molecule has 0 aliphatic heterocycles. The molecule has 0 amide bonds. The first-order valence-electron chi connectivity index (χ1n) is 7.44. The Morgan fingerprint density at radius 3 is 2.25 bits per heavy atom. The van der Waals surface area contributed by atoms with Crippen LogP contribution in [0.5, 0.6) is 0 Å². The molecule has 0 unspecified atom stereocenters. The molecule has 0 spiro atoms. The van der Waals surface area contributed by atoms with E-state index in [9.17, 15) is 14.4 Å². The maximum absolute atomic E-state index is 12.3. The number of rotatable bonds is 7. The van der Waals surface area contributed by atoms with E-state index < -0.39 is 11.9 Å². The molecule has 0 radical (unpaired) electrons. The standard InChI is InChI=1S/C16H17N3O5/c1-3-23-15(21)13-14(16(22)24-4-2)19(18-17-13)10-12(20)11-8-6-5-7-9-11/h5-9H,3-4,10H2,1-2H3. The van der Waals surface area contributed by atoms with Gasteiger partial charge in [0.05, 0.1) is 13.2 Å². The Labute approximate surface area is 138 Å². The van der Waals surface area contributed by atoms with Crippen LogP contribution in [-0.2, 0) is 16.0 Å². The number of hydrogen-bond acceptors (Lipinski definition) is 7. The summed E-state index contributed by atoms with van der Waals surface area (Å²) in [6.45, 7) is 3.25. The molecule has 0 atom stereocenters. The zero-order valence-corrected chi connectivity index (χ0v) is 13.4. The summed E-state index contributed by atoms with van der Waals surface area (Å²) in [6.07, 6.45) is 0. The van der Waals surface area contributed by atoms with Crippen molar-refractivity contribution in [3.63, 3.8) is 0 Å². The highest BCUT2D eigenvalue weighted by Crippen LogP contribution is 2.11. The molecule has 126 valence electrons. The Balaban J connectivity index is 2.33. The van der Waals surface area contributed by atoms with Gasteiger partial charge in [0.1, 0.15) is 6.54 Å². The van der Waals surface area contributed by atoms with Crippen molar-refractivity contribution in [2.45, 2.75) is 20.4 Å². The summed E-state index contributed by atoms with van der Waals surface area (Å²) >= 11 is 0. The first kappa shape index (κ1) is 17.3. The Hall–Kier alpha value is -3.03. The van der Waals surface area contributed by atoms with Crippen LogP contribution in [0.4, 0.5) is 0 Å². The first-order valence-corrected chi connectivity index (χ1v) is 7.44. The molecule has 1 aromatic carbocycles. The van der Waals surface area contributed by atoms with Gasteiger partial charge in [-0.1, -0.05) is 35.5 Å².